The molecule has 0 bridgehead atoms. The van der Waals surface area contributed by atoms with Gasteiger partial charge in [-0.15, -0.1) is 11.8 Å². The number of carboxylic acids is 1. The second-order valence-corrected chi connectivity index (χ2v) is 6.21. The van der Waals surface area contributed by atoms with Crippen LogP contribution in [0.15, 0.2) is 24.3 Å². The molecule has 100 valence electrons. The smallest absolute Gasteiger partial charge is 0.327 e. The van der Waals surface area contributed by atoms with E-state index in [1.807, 2.05) is 24.3 Å². The number of para-hydroxylation sites is 1. The molecule has 3 rings (SSSR count). The molecule has 19 heavy (non-hydrogen) atoms. The van der Waals surface area contributed by atoms with Gasteiger partial charge in [-0.3, -0.25) is 9.69 Å². The highest BCUT2D eigenvalue weighted by Gasteiger charge is 2.41. The van der Waals surface area contributed by atoms with Crippen molar-refractivity contribution in [3.63, 3.8) is 0 Å². The number of hydrogen-bond acceptors (Lipinski definition) is 3. The predicted octanol–water partition coefficient (Wildman–Crippen LogP) is 1.92. The third kappa shape index (κ3) is 2.12. The summed E-state index contributed by atoms with van der Waals surface area (Å²) < 4.78 is 0. The molecule has 0 saturated carbocycles. The molecule has 0 spiro atoms. The lowest BCUT2D eigenvalue weighted by atomic mass is 10.1. The Bertz CT molecular complexity index is 525. The van der Waals surface area contributed by atoms with E-state index in [-0.39, 0.29) is 11.2 Å². The summed E-state index contributed by atoms with van der Waals surface area (Å²) in [6.45, 7) is 0. The van der Waals surface area contributed by atoms with E-state index in [9.17, 15) is 14.7 Å². The Labute approximate surface area is 115 Å². The minimum atomic E-state index is -0.924. The van der Waals surface area contributed by atoms with Crippen molar-refractivity contribution in [1.29, 1.82) is 0 Å². The van der Waals surface area contributed by atoms with Crippen molar-refractivity contribution in [3.8, 4) is 0 Å². The molecule has 1 saturated heterocycles. The zero-order valence-electron chi connectivity index (χ0n) is 10.4. The predicted molar refractivity (Wildman–Crippen MR) is 74.5 cm³/mol. The van der Waals surface area contributed by atoms with E-state index in [2.05, 4.69) is 0 Å². The van der Waals surface area contributed by atoms with Crippen molar-refractivity contribution in [3.05, 3.63) is 29.8 Å². The van der Waals surface area contributed by atoms with Gasteiger partial charge in [-0.25, -0.2) is 4.79 Å². The first kappa shape index (κ1) is 12.5. The zero-order chi connectivity index (χ0) is 13.4. The van der Waals surface area contributed by atoms with Gasteiger partial charge in [0.25, 0.3) is 0 Å². The molecular formula is C14H15NO3S. The summed E-state index contributed by atoms with van der Waals surface area (Å²) in [4.78, 5) is 25.5. The molecule has 2 aliphatic rings. The first-order chi connectivity index (χ1) is 9.18. The molecule has 1 aromatic rings. The Morgan fingerprint density at radius 1 is 1.32 bits per heavy atom. The number of hydrogen-bond donors (Lipinski definition) is 1. The zero-order valence-corrected chi connectivity index (χ0v) is 11.2. The fraction of sp³-hybridized carbons (Fsp3) is 0.429. The van der Waals surface area contributed by atoms with Crippen LogP contribution in [0.4, 0.5) is 5.69 Å². The van der Waals surface area contributed by atoms with E-state index in [4.69, 9.17) is 0 Å². The fourth-order valence-electron chi connectivity index (χ4n) is 2.78. The number of nitrogens with zero attached hydrogens (tertiary/aromatic N) is 1. The largest absolute Gasteiger partial charge is 0.480 e. The van der Waals surface area contributed by atoms with Gasteiger partial charge in [0.1, 0.15) is 6.04 Å². The SMILES string of the molecule is O=C(O)C1Cc2ccccc2N1C(=O)C1CCCS1. The van der Waals surface area contributed by atoms with Crippen molar-refractivity contribution >= 4 is 29.3 Å². The molecule has 4 nitrogen and oxygen atoms in total. The Morgan fingerprint density at radius 2 is 2.11 bits per heavy atom. The number of fused-ring (bicyclic) bond motifs is 1. The second-order valence-electron chi connectivity index (χ2n) is 4.90. The molecular weight excluding hydrogens is 262 g/mol. The molecule has 0 radical (unpaired) electrons. The minimum Gasteiger partial charge on any atom is -0.480 e. The van der Waals surface area contributed by atoms with Gasteiger partial charge >= 0.3 is 5.97 Å². The minimum absolute atomic E-state index is 0.0418. The quantitative estimate of drug-likeness (QED) is 0.897. The lowest BCUT2D eigenvalue weighted by Gasteiger charge is -2.25. The monoisotopic (exact) mass is 277 g/mol. The highest BCUT2D eigenvalue weighted by Crippen LogP contribution is 2.36. The number of carbonyl (C=O) groups is 2. The molecule has 1 amide bonds. The normalized spacial score (nSPS) is 25.4. The number of aliphatic carboxylic acids is 1. The second kappa shape index (κ2) is 4.89. The number of benzene rings is 1. The standard InChI is InChI=1S/C14H15NO3S/c16-13(12-6-3-7-19-12)15-10-5-2-1-4-9(10)8-11(15)14(17)18/h1-2,4-5,11-12H,3,6-8H2,(H,17,18). The Morgan fingerprint density at radius 3 is 2.79 bits per heavy atom. The summed E-state index contributed by atoms with van der Waals surface area (Å²) in [5.74, 6) is 0.0243. The number of amides is 1. The highest BCUT2D eigenvalue weighted by atomic mass is 32.2. The van der Waals surface area contributed by atoms with Gasteiger partial charge in [0, 0.05) is 12.1 Å². The number of carbonyl (C=O) groups excluding carboxylic acids is 1. The third-order valence-corrected chi connectivity index (χ3v) is 5.07. The molecule has 1 N–H and O–H groups in total. The Balaban J connectivity index is 1.95. The Kier molecular flexibility index (Phi) is 3.22. The van der Waals surface area contributed by atoms with Crippen molar-refractivity contribution in [2.45, 2.75) is 30.6 Å². The molecule has 2 aliphatic heterocycles. The van der Waals surface area contributed by atoms with Gasteiger partial charge in [0.15, 0.2) is 0 Å². The lowest BCUT2D eigenvalue weighted by molar-refractivity contribution is -0.139. The van der Waals surface area contributed by atoms with Crippen LogP contribution in [0.5, 0.6) is 0 Å². The van der Waals surface area contributed by atoms with Gasteiger partial charge in [-0.1, -0.05) is 18.2 Å². The molecule has 1 aromatic carbocycles. The van der Waals surface area contributed by atoms with Crippen LogP contribution < -0.4 is 4.90 Å². The number of anilines is 1. The van der Waals surface area contributed by atoms with E-state index in [1.54, 1.807) is 11.8 Å². The van der Waals surface area contributed by atoms with Crippen LogP contribution in [0.25, 0.3) is 0 Å². The van der Waals surface area contributed by atoms with E-state index in [0.717, 1.165) is 29.8 Å². The molecule has 0 aromatic heterocycles. The van der Waals surface area contributed by atoms with Gasteiger partial charge < -0.3 is 5.11 Å². The fourth-order valence-corrected chi connectivity index (χ4v) is 3.99. The lowest BCUT2D eigenvalue weighted by Crippen LogP contribution is -2.46. The summed E-state index contributed by atoms with van der Waals surface area (Å²) in [7, 11) is 0. The molecule has 2 atom stereocenters. The number of carboxylic acid groups (broad SMARTS) is 1. The molecule has 0 aliphatic carbocycles. The number of thioether (sulfide) groups is 1. The van der Waals surface area contributed by atoms with Gasteiger partial charge in [-0.05, 0) is 30.2 Å². The third-order valence-electron chi connectivity index (χ3n) is 3.70. The van der Waals surface area contributed by atoms with Crippen molar-refractivity contribution < 1.29 is 14.7 Å². The van der Waals surface area contributed by atoms with E-state index in [0.29, 0.717) is 6.42 Å². The summed E-state index contributed by atoms with van der Waals surface area (Å²) >= 11 is 1.64. The van der Waals surface area contributed by atoms with Crippen LogP contribution in [0.1, 0.15) is 18.4 Å². The van der Waals surface area contributed by atoms with Gasteiger partial charge in [0.2, 0.25) is 5.91 Å². The summed E-state index contributed by atoms with van der Waals surface area (Å²) in [5.41, 5.74) is 1.72. The topological polar surface area (TPSA) is 57.6 Å². The molecule has 2 unspecified atom stereocenters. The molecule has 1 fully saturated rings. The maximum absolute atomic E-state index is 12.6. The first-order valence-electron chi connectivity index (χ1n) is 6.44. The van der Waals surface area contributed by atoms with Crippen LogP contribution in [-0.4, -0.2) is 34.0 Å². The summed E-state index contributed by atoms with van der Waals surface area (Å²) in [5, 5.41) is 9.27. The highest BCUT2D eigenvalue weighted by molar-refractivity contribution is 8.00. The number of rotatable bonds is 2. The van der Waals surface area contributed by atoms with E-state index >= 15 is 0 Å². The van der Waals surface area contributed by atoms with Crippen LogP contribution in [0.3, 0.4) is 0 Å². The first-order valence-corrected chi connectivity index (χ1v) is 7.49. The van der Waals surface area contributed by atoms with E-state index < -0.39 is 12.0 Å². The summed E-state index contributed by atoms with van der Waals surface area (Å²) in [6, 6.07) is 6.74. The molecule has 5 heteroatoms. The average Bonchev–Trinajstić information content (AvgIpc) is 3.05. The maximum Gasteiger partial charge on any atom is 0.327 e. The molecule has 2 heterocycles. The van der Waals surface area contributed by atoms with Crippen LogP contribution in [0.2, 0.25) is 0 Å². The van der Waals surface area contributed by atoms with Crippen molar-refractivity contribution in [2.24, 2.45) is 0 Å². The van der Waals surface area contributed by atoms with E-state index in [1.165, 1.54) is 4.90 Å². The van der Waals surface area contributed by atoms with Crippen molar-refractivity contribution in [1.82, 2.24) is 0 Å². The van der Waals surface area contributed by atoms with Crippen molar-refractivity contribution in [2.75, 3.05) is 10.7 Å². The van der Waals surface area contributed by atoms with Gasteiger partial charge in [-0.2, -0.15) is 0 Å². The maximum atomic E-state index is 12.6. The van der Waals surface area contributed by atoms with Gasteiger partial charge in [0.05, 0.1) is 5.25 Å². The summed E-state index contributed by atoms with van der Waals surface area (Å²) in [6.07, 6.45) is 2.30. The Hall–Kier alpha value is -1.49. The van der Waals surface area contributed by atoms with Crippen LogP contribution >= 0.6 is 11.8 Å². The van der Waals surface area contributed by atoms with Crippen LogP contribution in [-0.2, 0) is 16.0 Å². The average molecular weight is 277 g/mol. The van der Waals surface area contributed by atoms with Crippen LogP contribution in [0, 0.1) is 0 Å².